The molecule has 0 bridgehead atoms. The lowest BCUT2D eigenvalue weighted by Gasteiger charge is -2.29. The van der Waals surface area contributed by atoms with Gasteiger partial charge in [-0.05, 0) is 58.4 Å². The number of phenolic OH excluding ortho intramolecular Hbond substituents is 1. The highest BCUT2D eigenvalue weighted by molar-refractivity contribution is 5.96. The van der Waals surface area contributed by atoms with Crippen molar-refractivity contribution in [1.29, 1.82) is 0 Å². The number of carbonyl (C=O) groups excluding carboxylic acids is 1. The molecule has 182 valence electrons. The van der Waals surface area contributed by atoms with Gasteiger partial charge in [0.2, 0.25) is 0 Å². The van der Waals surface area contributed by atoms with E-state index in [1.165, 1.54) is 5.56 Å². The van der Waals surface area contributed by atoms with E-state index in [2.05, 4.69) is 59.0 Å². The third-order valence-electron chi connectivity index (χ3n) is 5.91. The van der Waals surface area contributed by atoms with Crippen molar-refractivity contribution < 1.29 is 14.6 Å². The van der Waals surface area contributed by atoms with E-state index < -0.39 is 6.10 Å². The van der Waals surface area contributed by atoms with Crippen LogP contribution in [0.1, 0.15) is 97.9 Å². The quantitative estimate of drug-likeness (QED) is 0.464. The molecule has 0 saturated heterocycles. The Morgan fingerprint density at radius 2 is 1.48 bits per heavy atom. The van der Waals surface area contributed by atoms with E-state index in [1.54, 1.807) is 6.07 Å². The highest BCUT2D eigenvalue weighted by Crippen LogP contribution is 2.38. The maximum absolute atomic E-state index is 13.2. The van der Waals surface area contributed by atoms with Crippen LogP contribution in [0, 0.1) is 6.92 Å². The number of aromatic hydroxyl groups is 1. The highest BCUT2D eigenvalue weighted by Gasteiger charge is 2.28. The van der Waals surface area contributed by atoms with Crippen LogP contribution in [0.2, 0.25) is 0 Å². The molecule has 4 nitrogen and oxygen atoms in total. The molecule has 2 N–H and O–H groups in total. The number of carbonyl (C=O) groups is 1. The fourth-order valence-corrected chi connectivity index (χ4v) is 3.82. The number of rotatable bonds is 5. The molecule has 0 heterocycles. The molecule has 0 spiro atoms. The first kappa shape index (κ1) is 26.8. The van der Waals surface area contributed by atoms with Crippen molar-refractivity contribution >= 4 is 11.6 Å². The zero-order chi connectivity index (χ0) is 25.4. The number of ether oxygens (including phenoxy) is 1. The largest absolute Gasteiger partial charge is 0.505 e. The van der Waals surface area contributed by atoms with Gasteiger partial charge in [0.1, 0.15) is 11.5 Å². The molecule has 4 heteroatoms. The summed E-state index contributed by atoms with van der Waals surface area (Å²) in [5.74, 6) is 0.570. The number of phenols is 1. The molecular formula is C29H43NO3. The van der Waals surface area contributed by atoms with Crippen LogP contribution in [-0.4, -0.2) is 17.1 Å². The molecule has 33 heavy (non-hydrogen) atoms. The molecule has 1 amide bonds. The van der Waals surface area contributed by atoms with Crippen molar-refractivity contribution in [3.8, 4) is 11.5 Å². The van der Waals surface area contributed by atoms with Gasteiger partial charge in [-0.2, -0.15) is 0 Å². The average Bonchev–Trinajstić information content (AvgIpc) is 2.66. The van der Waals surface area contributed by atoms with Crippen LogP contribution in [0.15, 0.2) is 30.3 Å². The SMILES string of the molecule is CCC(Oc1ccc(C(C)(C)C)cc1C(C)(C)C)C(=O)Nc1cc(C)cc(C(C)(C)C)c1O. The molecule has 2 aromatic carbocycles. The summed E-state index contributed by atoms with van der Waals surface area (Å²) in [7, 11) is 0. The average molecular weight is 454 g/mol. The second-order valence-corrected chi connectivity index (χ2v) is 12.2. The van der Waals surface area contributed by atoms with Gasteiger partial charge >= 0.3 is 0 Å². The van der Waals surface area contributed by atoms with Crippen LogP contribution < -0.4 is 10.1 Å². The third kappa shape index (κ3) is 6.52. The van der Waals surface area contributed by atoms with Crippen LogP contribution in [0.3, 0.4) is 0 Å². The number of anilines is 1. The van der Waals surface area contributed by atoms with E-state index in [1.807, 2.05) is 46.8 Å². The van der Waals surface area contributed by atoms with Gasteiger partial charge in [0, 0.05) is 5.56 Å². The Kier molecular flexibility index (Phi) is 7.62. The Labute approximate surface area is 200 Å². The van der Waals surface area contributed by atoms with Gasteiger partial charge in [0.15, 0.2) is 6.10 Å². The number of nitrogens with one attached hydrogen (secondary N) is 1. The number of aryl methyl sites for hydroxylation is 1. The molecule has 1 atom stereocenters. The topological polar surface area (TPSA) is 58.6 Å². The summed E-state index contributed by atoms with van der Waals surface area (Å²) in [6.45, 7) is 23.1. The Bertz CT molecular complexity index is 1000. The van der Waals surface area contributed by atoms with Gasteiger partial charge in [-0.15, -0.1) is 0 Å². The maximum atomic E-state index is 13.2. The van der Waals surface area contributed by atoms with E-state index in [9.17, 15) is 9.90 Å². The van der Waals surface area contributed by atoms with Crippen LogP contribution in [-0.2, 0) is 21.0 Å². The smallest absolute Gasteiger partial charge is 0.265 e. The van der Waals surface area contributed by atoms with Crippen molar-refractivity contribution in [2.24, 2.45) is 0 Å². The van der Waals surface area contributed by atoms with Crippen molar-refractivity contribution in [2.45, 2.75) is 105 Å². The van der Waals surface area contributed by atoms with Crippen LogP contribution >= 0.6 is 0 Å². The van der Waals surface area contributed by atoms with E-state index in [0.29, 0.717) is 12.1 Å². The molecule has 0 aromatic heterocycles. The Balaban J connectivity index is 2.38. The summed E-state index contributed by atoms with van der Waals surface area (Å²) >= 11 is 0. The molecule has 0 aliphatic heterocycles. The van der Waals surface area contributed by atoms with Gasteiger partial charge in [-0.3, -0.25) is 4.79 Å². The lowest BCUT2D eigenvalue weighted by Crippen LogP contribution is -2.33. The van der Waals surface area contributed by atoms with Crippen LogP contribution in [0.25, 0.3) is 0 Å². The van der Waals surface area contributed by atoms with Crippen molar-refractivity contribution in [3.63, 3.8) is 0 Å². The predicted molar refractivity (Wildman–Crippen MR) is 139 cm³/mol. The summed E-state index contributed by atoms with van der Waals surface area (Å²) in [6, 6.07) is 10.0. The van der Waals surface area contributed by atoms with Gasteiger partial charge in [-0.25, -0.2) is 0 Å². The zero-order valence-corrected chi connectivity index (χ0v) is 22.4. The molecule has 2 aromatic rings. The van der Waals surface area contributed by atoms with E-state index >= 15 is 0 Å². The molecule has 0 saturated carbocycles. The predicted octanol–water partition coefficient (Wildman–Crippen LogP) is 7.39. The first-order chi connectivity index (χ1) is 14.9. The van der Waals surface area contributed by atoms with Gasteiger partial charge in [0.05, 0.1) is 5.69 Å². The third-order valence-corrected chi connectivity index (χ3v) is 5.91. The van der Waals surface area contributed by atoms with Crippen LogP contribution in [0.5, 0.6) is 11.5 Å². The minimum Gasteiger partial charge on any atom is -0.505 e. The normalized spacial score (nSPS) is 13.5. The fraction of sp³-hybridized carbons (Fsp3) is 0.552. The van der Waals surface area contributed by atoms with E-state index in [4.69, 9.17) is 4.74 Å². The Hall–Kier alpha value is -2.49. The van der Waals surface area contributed by atoms with Gasteiger partial charge < -0.3 is 15.2 Å². The molecular weight excluding hydrogens is 410 g/mol. The molecule has 0 radical (unpaired) electrons. The van der Waals surface area contributed by atoms with E-state index in [-0.39, 0.29) is 27.9 Å². The fourth-order valence-electron chi connectivity index (χ4n) is 3.82. The number of benzene rings is 2. The second kappa shape index (κ2) is 9.40. The maximum Gasteiger partial charge on any atom is 0.265 e. The monoisotopic (exact) mass is 453 g/mol. The van der Waals surface area contributed by atoms with Gasteiger partial charge in [-0.1, -0.05) is 87.4 Å². The Morgan fingerprint density at radius 1 is 0.909 bits per heavy atom. The lowest BCUT2D eigenvalue weighted by molar-refractivity contribution is -0.122. The van der Waals surface area contributed by atoms with Crippen LogP contribution in [0.4, 0.5) is 5.69 Å². The molecule has 0 aliphatic carbocycles. The molecule has 1 unspecified atom stereocenters. The second-order valence-electron chi connectivity index (χ2n) is 12.2. The summed E-state index contributed by atoms with van der Waals surface area (Å²) in [6.07, 6.45) is -0.167. The summed E-state index contributed by atoms with van der Waals surface area (Å²) < 4.78 is 6.30. The standard InChI is InChI=1S/C29H43NO3/c1-12-23(26(32)30-22-16-18(2)15-21(25(22)31)29(9,10)11)33-24-14-13-19(27(3,4)5)17-20(24)28(6,7)8/h13-17,23,31H,12H2,1-11H3,(H,30,32). The first-order valence-corrected chi connectivity index (χ1v) is 11.9. The van der Waals surface area contributed by atoms with Crippen molar-refractivity contribution in [2.75, 3.05) is 5.32 Å². The molecule has 0 aliphatic rings. The summed E-state index contributed by atoms with van der Waals surface area (Å²) in [5, 5.41) is 13.8. The van der Waals surface area contributed by atoms with Gasteiger partial charge in [0.25, 0.3) is 5.91 Å². The number of hydrogen-bond donors (Lipinski definition) is 2. The lowest BCUT2D eigenvalue weighted by atomic mass is 9.80. The summed E-state index contributed by atoms with van der Waals surface area (Å²) in [4.78, 5) is 13.2. The molecule has 2 rings (SSSR count). The van der Waals surface area contributed by atoms with E-state index in [0.717, 1.165) is 22.4 Å². The highest BCUT2D eigenvalue weighted by atomic mass is 16.5. The first-order valence-electron chi connectivity index (χ1n) is 11.9. The molecule has 0 fully saturated rings. The summed E-state index contributed by atoms with van der Waals surface area (Å²) in [5.41, 5.74) is 4.16. The minimum atomic E-state index is -0.676. The van der Waals surface area contributed by atoms with Crippen molar-refractivity contribution in [1.82, 2.24) is 0 Å². The number of hydrogen-bond acceptors (Lipinski definition) is 3. The number of amides is 1. The minimum absolute atomic E-state index is 0.0213. The van der Waals surface area contributed by atoms with Crippen molar-refractivity contribution in [3.05, 3.63) is 52.6 Å². The zero-order valence-electron chi connectivity index (χ0n) is 22.4. The Morgan fingerprint density at radius 3 is 1.97 bits per heavy atom.